The molecule has 2 amide bonds. The van der Waals surface area contributed by atoms with Crippen LogP contribution in [0.2, 0.25) is 5.02 Å². The molecule has 32 heavy (non-hydrogen) atoms. The van der Waals surface area contributed by atoms with Crippen molar-refractivity contribution in [2.75, 3.05) is 12.3 Å². The first-order valence-corrected chi connectivity index (χ1v) is 12.0. The Bertz CT molecular complexity index is 1170. The first-order chi connectivity index (χ1) is 15.4. The standard InChI is InChI=1S/C24H23ClN2O4S/c25-21-14-8-7-13-20(21)24(29)27-22(18-9-3-1-4-10-18)17-23(28)26-15-16-32(30,31)19-11-5-2-6-12-19/h1-14,22H,15-17H2,(H,26,28)(H,27,29). The molecule has 0 radical (unpaired) electrons. The zero-order chi connectivity index (χ0) is 23.0. The second kappa shape index (κ2) is 10.9. The molecule has 3 rings (SSSR count). The minimum absolute atomic E-state index is 0.0317. The lowest BCUT2D eigenvalue weighted by Gasteiger charge is -2.19. The van der Waals surface area contributed by atoms with Gasteiger partial charge in [0.25, 0.3) is 5.91 Å². The molecule has 0 saturated heterocycles. The molecule has 0 saturated carbocycles. The number of amides is 2. The fourth-order valence-electron chi connectivity index (χ4n) is 3.15. The molecule has 0 aliphatic rings. The summed E-state index contributed by atoms with van der Waals surface area (Å²) in [6.45, 7) is -0.0317. The van der Waals surface area contributed by atoms with Crippen LogP contribution in [0.3, 0.4) is 0 Å². The van der Waals surface area contributed by atoms with E-state index in [9.17, 15) is 18.0 Å². The summed E-state index contributed by atoms with van der Waals surface area (Å²) in [5.41, 5.74) is 1.06. The van der Waals surface area contributed by atoms with Gasteiger partial charge in [0.05, 0.1) is 33.7 Å². The van der Waals surface area contributed by atoms with Crippen LogP contribution in [-0.2, 0) is 14.6 Å². The second-order valence-electron chi connectivity index (χ2n) is 7.10. The highest BCUT2D eigenvalue weighted by atomic mass is 35.5. The highest BCUT2D eigenvalue weighted by Crippen LogP contribution is 2.20. The SMILES string of the molecule is O=C(CC(NC(=O)c1ccccc1Cl)c1ccccc1)NCCS(=O)(=O)c1ccccc1. The highest BCUT2D eigenvalue weighted by molar-refractivity contribution is 7.91. The predicted molar refractivity (Wildman–Crippen MR) is 124 cm³/mol. The van der Waals surface area contributed by atoms with E-state index in [1.807, 2.05) is 30.3 Å². The molecule has 8 heteroatoms. The number of sulfone groups is 1. The van der Waals surface area contributed by atoms with Crippen LogP contribution < -0.4 is 10.6 Å². The van der Waals surface area contributed by atoms with Crippen molar-refractivity contribution >= 4 is 33.3 Å². The summed E-state index contributed by atoms with van der Waals surface area (Å²) >= 11 is 6.12. The van der Waals surface area contributed by atoms with Gasteiger partial charge < -0.3 is 10.6 Å². The van der Waals surface area contributed by atoms with Crippen LogP contribution in [0.25, 0.3) is 0 Å². The maximum absolute atomic E-state index is 12.7. The van der Waals surface area contributed by atoms with Crippen molar-refractivity contribution in [3.63, 3.8) is 0 Å². The third-order valence-corrected chi connectivity index (χ3v) is 6.87. The monoisotopic (exact) mass is 470 g/mol. The zero-order valence-corrected chi connectivity index (χ0v) is 18.8. The third kappa shape index (κ3) is 6.42. The Balaban J connectivity index is 1.64. The van der Waals surface area contributed by atoms with Crippen LogP contribution in [0.4, 0.5) is 0 Å². The van der Waals surface area contributed by atoms with E-state index in [1.54, 1.807) is 42.5 Å². The first kappa shape index (κ1) is 23.5. The third-order valence-electron chi connectivity index (χ3n) is 4.81. The first-order valence-electron chi connectivity index (χ1n) is 10.0. The normalized spacial score (nSPS) is 12.0. The van der Waals surface area contributed by atoms with Crippen molar-refractivity contribution in [1.29, 1.82) is 0 Å². The van der Waals surface area contributed by atoms with E-state index in [0.29, 0.717) is 10.6 Å². The van der Waals surface area contributed by atoms with Gasteiger partial charge in [0.1, 0.15) is 0 Å². The lowest BCUT2D eigenvalue weighted by atomic mass is 10.0. The molecule has 0 spiro atoms. The Morgan fingerprint density at radius 2 is 1.44 bits per heavy atom. The van der Waals surface area contributed by atoms with Crippen LogP contribution >= 0.6 is 11.6 Å². The molecule has 166 valence electrons. The number of hydrogen-bond donors (Lipinski definition) is 2. The smallest absolute Gasteiger partial charge is 0.253 e. The molecule has 1 unspecified atom stereocenters. The largest absolute Gasteiger partial charge is 0.355 e. The van der Waals surface area contributed by atoms with E-state index in [1.165, 1.54) is 12.1 Å². The number of carbonyl (C=O) groups excluding carboxylic acids is 2. The van der Waals surface area contributed by atoms with E-state index < -0.39 is 21.8 Å². The quantitative estimate of drug-likeness (QED) is 0.497. The Hall–Kier alpha value is -3.16. The molecule has 0 heterocycles. The van der Waals surface area contributed by atoms with Gasteiger partial charge in [-0.2, -0.15) is 0 Å². The van der Waals surface area contributed by atoms with Crippen molar-refractivity contribution in [1.82, 2.24) is 10.6 Å². The summed E-state index contributed by atoms with van der Waals surface area (Å²) in [6.07, 6.45) is -0.0500. The van der Waals surface area contributed by atoms with E-state index in [-0.39, 0.29) is 29.5 Å². The molecule has 6 nitrogen and oxygen atoms in total. The van der Waals surface area contributed by atoms with Gasteiger partial charge in [-0.3, -0.25) is 9.59 Å². The van der Waals surface area contributed by atoms with Crippen molar-refractivity contribution in [2.45, 2.75) is 17.4 Å². The van der Waals surface area contributed by atoms with E-state index in [2.05, 4.69) is 10.6 Å². The average molecular weight is 471 g/mol. The summed E-state index contributed by atoms with van der Waals surface area (Å²) in [5.74, 6) is -0.990. The summed E-state index contributed by atoms with van der Waals surface area (Å²) in [4.78, 5) is 25.5. The van der Waals surface area contributed by atoms with Crippen molar-refractivity contribution < 1.29 is 18.0 Å². The summed E-state index contributed by atoms with van der Waals surface area (Å²) < 4.78 is 24.7. The summed E-state index contributed by atoms with van der Waals surface area (Å²) in [5, 5.41) is 5.80. The highest BCUT2D eigenvalue weighted by Gasteiger charge is 2.21. The molecule has 0 aliphatic heterocycles. The van der Waals surface area contributed by atoms with Gasteiger partial charge in [-0.1, -0.05) is 72.3 Å². The van der Waals surface area contributed by atoms with Gasteiger partial charge in [0.15, 0.2) is 9.84 Å². The fourth-order valence-corrected chi connectivity index (χ4v) is 4.55. The molecule has 0 fully saturated rings. The van der Waals surface area contributed by atoms with Gasteiger partial charge in [0, 0.05) is 6.54 Å². The molecule has 0 bridgehead atoms. The van der Waals surface area contributed by atoms with E-state index in [0.717, 1.165) is 5.56 Å². The number of hydrogen-bond acceptors (Lipinski definition) is 4. The van der Waals surface area contributed by atoms with Crippen LogP contribution in [0.1, 0.15) is 28.4 Å². The molecule has 2 N–H and O–H groups in total. The number of benzene rings is 3. The van der Waals surface area contributed by atoms with Crippen LogP contribution in [0.5, 0.6) is 0 Å². The van der Waals surface area contributed by atoms with E-state index >= 15 is 0 Å². The van der Waals surface area contributed by atoms with Gasteiger partial charge in [-0.25, -0.2) is 8.42 Å². The topological polar surface area (TPSA) is 92.3 Å². The van der Waals surface area contributed by atoms with Crippen molar-refractivity contribution in [3.8, 4) is 0 Å². The molecule has 1 atom stereocenters. The Labute approximate surface area is 192 Å². The Morgan fingerprint density at radius 1 is 0.844 bits per heavy atom. The Morgan fingerprint density at radius 3 is 2.09 bits per heavy atom. The van der Waals surface area contributed by atoms with E-state index in [4.69, 9.17) is 11.6 Å². The molecule has 3 aromatic rings. The summed E-state index contributed by atoms with van der Waals surface area (Å²) in [6, 6.07) is 23.2. The lowest BCUT2D eigenvalue weighted by Crippen LogP contribution is -2.35. The maximum atomic E-state index is 12.7. The minimum atomic E-state index is -3.50. The van der Waals surface area contributed by atoms with Crippen LogP contribution in [-0.4, -0.2) is 32.5 Å². The molecular weight excluding hydrogens is 448 g/mol. The number of nitrogens with one attached hydrogen (secondary N) is 2. The van der Waals surface area contributed by atoms with Crippen LogP contribution in [0, 0.1) is 0 Å². The maximum Gasteiger partial charge on any atom is 0.253 e. The average Bonchev–Trinajstić information content (AvgIpc) is 2.80. The molecule has 0 aliphatic carbocycles. The zero-order valence-electron chi connectivity index (χ0n) is 17.2. The van der Waals surface area contributed by atoms with Gasteiger partial charge in [-0.05, 0) is 29.8 Å². The minimum Gasteiger partial charge on any atom is -0.355 e. The second-order valence-corrected chi connectivity index (χ2v) is 9.62. The van der Waals surface area contributed by atoms with Crippen LogP contribution in [0.15, 0.2) is 89.8 Å². The Kier molecular flexibility index (Phi) is 8.03. The van der Waals surface area contributed by atoms with Gasteiger partial charge in [0.2, 0.25) is 5.91 Å². The molecular formula is C24H23ClN2O4S. The van der Waals surface area contributed by atoms with Crippen molar-refractivity contribution in [3.05, 3.63) is 101 Å². The van der Waals surface area contributed by atoms with Gasteiger partial charge >= 0.3 is 0 Å². The predicted octanol–water partition coefficient (Wildman–Crippen LogP) is 3.79. The number of rotatable bonds is 9. The fraction of sp³-hybridized carbons (Fsp3) is 0.167. The van der Waals surface area contributed by atoms with Gasteiger partial charge in [-0.15, -0.1) is 0 Å². The number of halogens is 1. The lowest BCUT2D eigenvalue weighted by molar-refractivity contribution is -0.121. The molecule has 3 aromatic carbocycles. The summed E-state index contributed by atoms with van der Waals surface area (Å²) in [7, 11) is -3.50. The number of carbonyl (C=O) groups is 2. The van der Waals surface area contributed by atoms with Crippen molar-refractivity contribution in [2.24, 2.45) is 0 Å². The molecule has 0 aromatic heterocycles.